The molecule has 0 bridgehead atoms. The molecule has 1 heterocycles. The second-order valence-electron chi connectivity index (χ2n) is 10.7. The number of rotatable bonds is 8. The van der Waals surface area contributed by atoms with E-state index < -0.39 is 34.7 Å². The number of carboxylic acid groups (broad SMARTS) is 4. The first kappa shape index (κ1) is 29.8. The lowest BCUT2D eigenvalue weighted by Gasteiger charge is -2.40. The molecule has 0 aromatic carbocycles. The normalized spacial score (nSPS) is 22.0. The van der Waals surface area contributed by atoms with E-state index in [0.29, 0.717) is 52.4 Å². The predicted octanol–water partition coefficient (Wildman–Crippen LogP) is -0.401. The lowest BCUT2D eigenvalue weighted by molar-refractivity contribution is -0.141. The Morgan fingerprint density at radius 3 is 0.824 bits per heavy atom. The third-order valence-electron chi connectivity index (χ3n) is 5.51. The van der Waals surface area contributed by atoms with Crippen LogP contribution in [-0.2, 0) is 19.2 Å². The van der Waals surface area contributed by atoms with Crippen LogP contribution in [0.25, 0.3) is 0 Å². The summed E-state index contributed by atoms with van der Waals surface area (Å²) < 4.78 is 0. The summed E-state index contributed by atoms with van der Waals surface area (Å²) in [6.07, 6.45) is 0. The van der Waals surface area contributed by atoms with E-state index in [1.807, 2.05) is 27.7 Å². The molecule has 0 amide bonds. The van der Waals surface area contributed by atoms with Crippen molar-refractivity contribution in [2.75, 3.05) is 78.5 Å². The number of aliphatic carboxylic acids is 4. The molecule has 12 heteroatoms. The number of nitrogens with zero attached hydrogens (tertiary/aromatic N) is 4. The van der Waals surface area contributed by atoms with Gasteiger partial charge >= 0.3 is 23.9 Å². The number of hydrogen-bond donors (Lipinski definition) is 4. The summed E-state index contributed by atoms with van der Waals surface area (Å²) in [7, 11) is 0. The van der Waals surface area contributed by atoms with E-state index in [9.17, 15) is 39.6 Å². The monoisotopic (exact) mass is 488 g/mol. The minimum Gasteiger partial charge on any atom is -0.480 e. The van der Waals surface area contributed by atoms with Crippen molar-refractivity contribution in [2.45, 2.75) is 27.7 Å². The highest BCUT2D eigenvalue weighted by Gasteiger charge is 2.31. The van der Waals surface area contributed by atoms with Crippen LogP contribution in [0.15, 0.2) is 0 Å². The van der Waals surface area contributed by atoms with Crippen LogP contribution in [-0.4, -0.2) is 142 Å². The van der Waals surface area contributed by atoms with E-state index in [-0.39, 0.29) is 26.2 Å². The van der Waals surface area contributed by atoms with Crippen molar-refractivity contribution < 1.29 is 39.6 Å². The standard InChI is InChI=1S/C22H40N4O8/c1-21(2)13-23(9-17(27)28)5-7-25(11-19(31)32)15-22(3,4)16-26(12-20(33)34)8-6-24(14-21)10-18(29)30/h5-16H2,1-4H3,(H,27,28)(H,29,30)(H,31,32)(H,33,34). The van der Waals surface area contributed by atoms with Gasteiger partial charge in [0.25, 0.3) is 0 Å². The average Bonchev–Trinajstić information content (AvgIpc) is 2.60. The largest absolute Gasteiger partial charge is 0.480 e. The molecule has 1 saturated heterocycles. The maximum Gasteiger partial charge on any atom is 0.317 e. The smallest absolute Gasteiger partial charge is 0.317 e. The summed E-state index contributed by atoms with van der Waals surface area (Å²) in [6, 6.07) is 0. The molecule has 1 fully saturated rings. The minimum absolute atomic E-state index is 0.209. The Morgan fingerprint density at radius 2 is 0.676 bits per heavy atom. The van der Waals surface area contributed by atoms with Crippen LogP contribution in [0.5, 0.6) is 0 Å². The van der Waals surface area contributed by atoms with Gasteiger partial charge in [-0.2, -0.15) is 0 Å². The van der Waals surface area contributed by atoms with Crippen LogP contribution in [0, 0.1) is 10.8 Å². The minimum atomic E-state index is -0.992. The molecule has 0 radical (unpaired) electrons. The Kier molecular flexibility index (Phi) is 11.4. The van der Waals surface area contributed by atoms with Crippen molar-refractivity contribution in [1.82, 2.24) is 19.6 Å². The Hall–Kier alpha value is -2.28. The molecule has 1 rings (SSSR count). The zero-order valence-corrected chi connectivity index (χ0v) is 20.7. The fourth-order valence-electron chi connectivity index (χ4n) is 4.71. The molecular weight excluding hydrogens is 448 g/mol. The summed E-state index contributed by atoms with van der Waals surface area (Å²) in [5, 5.41) is 37.5. The molecule has 0 atom stereocenters. The molecule has 12 nitrogen and oxygen atoms in total. The molecule has 0 spiro atoms. The second kappa shape index (κ2) is 13.0. The maximum absolute atomic E-state index is 11.5. The Labute approximate surface area is 200 Å². The Morgan fingerprint density at radius 1 is 0.500 bits per heavy atom. The van der Waals surface area contributed by atoms with E-state index in [1.165, 1.54) is 0 Å². The van der Waals surface area contributed by atoms with Gasteiger partial charge in [-0.15, -0.1) is 0 Å². The van der Waals surface area contributed by atoms with Crippen LogP contribution in [0.3, 0.4) is 0 Å². The molecule has 196 valence electrons. The topological polar surface area (TPSA) is 162 Å². The Bertz CT molecular complexity index is 612. The van der Waals surface area contributed by atoms with E-state index >= 15 is 0 Å². The van der Waals surface area contributed by atoms with E-state index in [0.717, 1.165) is 0 Å². The molecule has 0 aliphatic carbocycles. The molecule has 0 aromatic rings. The van der Waals surface area contributed by atoms with Gasteiger partial charge in [-0.3, -0.25) is 38.8 Å². The molecule has 0 unspecified atom stereocenters. The summed E-state index contributed by atoms with van der Waals surface area (Å²) >= 11 is 0. The first-order valence-electron chi connectivity index (χ1n) is 11.3. The van der Waals surface area contributed by atoms with Gasteiger partial charge in [0.15, 0.2) is 0 Å². The van der Waals surface area contributed by atoms with E-state index in [1.54, 1.807) is 19.6 Å². The SMILES string of the molecule is CC1(C)CN(CC(=O)O)CCN(CC(=O)O)CC(C)(C)CN(CC(=O)O)CCN(CC(=O)O)C1. The van der Waals surface area contributed by atoms with Crippen LogP contribution < -0.4 is 0 Å². The molecule has 34 heavy (non-hydrogen) atoms. The molecule has 1 aliphatic heterocycles. The third-order valence-corrected chi connectivity index (χ3v) is 5.51. The maximum atomic E-state index is 11.5. The third kappa shape index (κ3) is 12.8. The highest BCUT2D eigenvalue weighted by atomic mass is 16.4. The molecular formula is C22H40N4O8. The van der Waals surface area contributed by atoms with Crippen molar-refractivity contribution >= 4 is 23.9 Å². The van der Waals surface area contributed by atoms with Gasteiger partial charge < -0.3 is 20.4 Å². The van der Waals surface area contributed by atoms with Crippen LogP contribution in [0.1, 0.15) is 27.7 Å². The Balaban J connectivity index is 3.27. The van der Waals surface area contributed by atoms with Gasteiger partial charge in [0.05, 0.1) is 26.2 Å². The van der Waals surface area contributed by atoms with Crippen molar-refractivity contribution in [1.29, 1.82) is 0 Å². The second-order valence-corrected chi connectivity index (χ2v) is 10.7. The highest BCUT2D eigenvalue weighted by Crippen LogP contribution is 2.22. The zero-order chi connectivity index (χ0) is 26.1. The van der Waals surface area contributed by atoms with Gasteiger partial charge in [-0.25, -0.2) is 0 Å². The fourth-order valence-corrected chi connectivity index (χ4v) is 4.71. The lowest BCUT2D eigenvalue weighted by atomic mass is 9.90. The van der Waals surface area contributed by atoms with Gasteiger partial charge in [0, 0.05) is 52.4 Å². The van der Waals surface area contributed by atoms with Gasteiger partial charge in [-0.1, -0.05) is 27.7 Å². The van der Waals surface area contributed by atoms with Gasteiger partial charge in [-0.05, 0) is 10.8 Å². The van der Waals surface area contributed by atoms with Crippen LogP contribution in [0.4, 0.5) is 0 Å². The molecule has 4 N–H and O–H groups in total. The quantitative estimate of drug-likeness (QED) is 0.350. The molecule has 1 aliphatic rings. The first-order valence-corrected chi connectivity index (χ1v) is 11.3. The van der Waals surface area contributed by atoms with Crippen molar-refractivity contribution in [3.8, 4) is 0 Å². The summed E-state index contributed by atoms with van der Waals surface area (Å²) in [6.45, 7) is 9.68. The summed E-state index contributed by atoms with van der Waals surface area (Å²) in [4.78, 5) is 52.9. The van der Waals surface area contributed by atoms with Crippen LogP contribution >= 0.6 is 0 Å². The average molecular weight is 489 g/mol. The number of carbonyl (C=O) groups is 4. The number of carboxylic acids is 4. The predicted molar refractivity (Wildman–Crippen MR) is 124 cm³/mol. The molecule has 0 saturated carbocycles. The van der Waals surface area contributed by atoms with Gasteiger partial charge in [0.2, 0.25) is 0 Å². The summed E-state index contributed by atoms with van der Waals surface area (Å²) in [5.41, 5.74) is -0.937. The zero-order valence-electron chi connectivity index (χ0n) is 20.7. The summed E-state index contributed by atoms with van der Waals surface area (Å²) in [5.74, 6) is -3.97. The first-order chi connectivity index (χ1) is 15.6. The van der Waals surface area contributed by atoms with Crippen molar-refractivity contribution in [3.63, 3.8) is 0 Å². The van der Waals surface area contributed by atoms with Crippen molar-refractivity contribution in [2.24, 2.45) is 10.8 Å². The van der Waals surface area contributed by atoms with E-state index in [4.69, 9.17) is 0 Å². The highest BCUT2D eigenvalue weighted by molar-refractivity contribution is 5.70. The van der Waals surface area contributed by atoms with E-state index in [2.05, 4.69) is 0 Å². The number of hydrogen-bond acceptors (Lipinski definition) is 8. The van der Waals surface area contributed by atoms with Crippen LogP contribution in [0.2, 0.25) is 0 Å². The molecule has 0 aromatic heterocycles. The lowest BCUT2D eigenvalue weighted by Crippen LogP contribution is -2.52. The fraction of sp³-hybridized carbons (Fsp3) is 0.818. The van der Waals surface area contributed by atoms with Gasteiger partial charge in [0.1, 0.15) is 0 Å². The van der Waals surface area contributed by atoms with Crippen molar-refractivity contribution in [3.05, 3.63) is 0 Å².